The number of carbonyl (C=O) groups excluding carboxylic acids is 1. The van der Waals surface area contributed by atoms with E-state index in [0.29, 0.717) is 11.0 Å². The first-order chi connectivity index (χ1) is 6.92. The molecular formula is C11H18N2OS. The normalized spacial score (nSPS) is 11.8. The van der Waals surface area contributed by atoms with Crippen LogP contribution in [0.2, 0.25) is 0 Å². The average Bonchev–Trinajstić information content (AvgIpc) is 2.54. The number of aromatic nitrogens is 1. The maximum Gasteiger partial charge on any atom is 0.231 e. The summed E-state index contributed by atoms with van der Waals surface area (Å²) in [5.41, 5.74) is -0.333. The molecule has 0 aliphatic carbocycles. The van der Waals surface area contributed by atoms with E-state index in [4.69, 9.17) is 0 Å². The quantitative estimate of drug-likeness (QED) is 0.857. The fourth-order valence-corrected chi connectivity index (χ4v) is 2.19. The molecule has 1 amide bonds. The molecule has 0 spiro atoms. The van der Waals surface area contributed by atoms with Gasteiger partial charge in [0.05, 0.1) is 0 Å². The molecule has 0 unspecified atom stereocenters. The molecule has 0 aromatic carbocycles. The predicted octanol–water partition coefficient (Wildman–Crippen LogP) is 3.15. The van der Waals surface area contributed by atoms with Gasteiger partial charge < -0.3 is 5.32 Å². The van der Waals surface area contributed by atoms with Gasteiger partial charge in [-0.3, -0.25) is 4.79 Å². The molecule has 3 nitrogen and oxygen atoms in total. The van der Waals surface area contributed by atoms with Crippen LogP contribution in [-0.4, -0.2) is 10.9 Å². The third-order valence-corrected chi connectivity index (χ3v) is 2.87. The van der Waals surface area contributed by atoms with Crippen molar-refractivity contribution in [2.75, 3.05) is 5.32 Å². The Hall–Kier alpha value is -0.900. The first-order valence-electron chi connectivity index (χ1n) is 5.13. The monoisotopic (exact) mass is 226 g/mol. The maximum absolute atomic E-state index is 11.9. The van der Waals surface area contributed by atoms with Gasteiger partial charge in [-0.15, -0.1) is 11.3 Å². The van der Waals surface area contributed by atoms with Crippen molar-refractivity contribution < 1.29 is 4.79 Å². The summed E-state index contributed by atoms with van der Waals surface area (Å²) in [4.78, 5) is 16.0. The van der Waals surface area contributed by atoms with Gasteiger partial charge in [-0.2, -0.15) is 0 Å². The summed E-state index contributed by atoms with van der Waals surface area (Å²) in [6, 6.07) is 0. The third-order valence-electron chi connectivity index (χ3n) is 2.19. The highest BCUT2D eigenvalue weighted by Crippen LogP contribution is 2.27. The van der Waals surface area contributed by atoms with Crippen LogP contribution < -0.4 is 5.32 Å². The molecule has 15 heavy (non-hydrogen) atoms. The smallest absolute Gasteiger partial charge is 0.231 e. The van der Waals surface area contributed by atoms with E-state index in [9.17, 15) is 4.79 Å². The minimum Gasteiger partial charge on any atom is -0.302 e. The minimum atomic E-state index is -0.333. The zero-order chi connectivity index (χ0) is 11.5. The minimum absolute atomic E-state index is 0.0474. The van der Waals surface area contributed by atoms with Gasteiger partial charge in [-0.1, -0.05) is 27.7 Å². The standard InChI is InChI=1S/C11H18N2OS/c1-8(2)7-11(3,4)9(14)13-10-12-5-6-15-10/h5-6,8H,7H2,1-4H3,(H,12,13,14). The number of rotatable bonds is 4. The Balaban J connectivity index is 2.59. The van der Waals surface area contributed by atoms with E-state index in [2.05, 4.69) is 24.1 Å². The van der Waals surface area contributed by atoms with Crippen molar-refractivity contribution >= 4 is 22.4 Å². The second kappa shape index (κ2) is 4.75. The molecule has 0 radical (unpaired) electrons. The lowest BCUT2D eigenvalue weighted by Crippen LogP contribution is -2.31. The Bertz CT molecular complexity index is 317. The molecule has 0 aliphatic rings. The molecule has 1 rings (SSSR count). The van der Waals surface area contributed by atoms with Gasteiger partial charge in [-0.25, -0.2) is 4.98 Å². The molecule has 1 N–H and O–H groups in total. The maximum atomic E-state index is 11.9. The Morgan fingerprint density at radius 2 is 2.27 bits per heavy atom. The first-order valence-corrected chi connectivity index (χ1v) is 6.01. The lowest BCUT2D eigenvalue weighted by Gasteiger charge is -2.24. The summed E-state index contributed by atoms with van der Waals surface area (Å²) in [5, 5.41) is 5.37. The van der Waals surface area contributed by atoms with Crippen LogP contribution >= 0.6 is 11.3 Å². The Kier molecular flexibility index (Phi) is 3.85. The number of thiazole rings is 1. The van der Waals surface area contributed by atoms with Crippen molar-refractivity contribution in [2.45, 2.75) is 34.1 Å². The van der Waals surface area contributed by atoms with Crippen LogP contribution in [0, 0.1) is 11.3 Å². The van der Waals surface area contributed by atoms with Crippen molar-refractivity contribution in [3.63, 3.8) is 0 Å². The van der Waals surface area contributed by atoms with E-state index < -0.39 is 0 Å². The van der Waals surface area contributed by atoms with Gasteiger partial charge in [0.15, 0.2) is 5.13 Å². The van der Waals surface area contributed by atoms with E-state index in [-0.39, 0.29) is 11.3 Å². The molecule has 1 heterocycles. The second-order valence-corrected chi connectivity index (χ2v) is 5.67. The van der Waals surface area contributed by atoms with Gasteiger partial charge in [0.2, 0.25) is 5.91 Å². The van der Waals surface area contributed by atoms with Crippen LogP contribution in [0.15, 0.2) is 11.6 Å². The zero-order valence-corrected chi connectivity index (χ0v) is 10.5. The van der Waals surface area contributed by atoms with Crippen LogP contribution in [0.25, 0.3) is 0 Å². The molecule has 0 atom stereocenters. The van der Waals surface area contributed by atoms with Crippen LogP contribution in [0.1, 0.15) is 34.1 Å². The average molecular weight is 226 g/mol. The summed E-state index contributed by atoms with van der Waals surface area (Å²) >= 11 is 1.44. The topological polar surface area (TPSA) is 42.0 Å². The van der Waals surface area contributed by atoms with Crippen molar-refractivity contribution in [3.05, 3.63) is 11.6 Å². The van der Waals surface area contributed by atoms with Crippen molar-refractivity contribution in [3.8, 4) is 0 Å². The fourth-order valence-electron chi connectivity index (χ4n) is 1.66. The number of amides is 1. The molecule has 0 fully saturated rings. The Morgan fingerprint density at radius 1 is 1.60 bits per heavy atom. The van der Waals surface area contributed by atoms with E-state index in [1.807, 2.05) is 19.2 Å². The highest BCUT2D eigenvalue weighted by atomic mass is 32.1. The van der Waals surface area contributed by atoms with Crippen molar-refractivity contribution in [1.29, 1.82) is 0 Å². The van der Waals surface area contributed by atoms with E-state index >= 15 is 0 Å². The summed E-state index contributed by atoms with van der Waals surface area (Å²) < 4.78 is 0. The van der Waals surface area contributed by atoms with Crippen LogP contribution in [-0.2, 0) is 4.79 Å². The molecule has 0 saturated heterocycles. The molecule has 0 saturated carbocycles. The summed E-state index contributed by atoms with van der Waals surface area (Å²) in [6.45, 7) is 8.18. The van der Waals surface area contributed by atoms with Gasteiger partial charge >= 0.3 is 0 Å². The van der Waals surface area contributed by atoms with Gasteiger partial charge in [0.1, 0.15) is 0 Å². The summed E-state index contributed by atoms with van der Waals surface area (Å²) in [5.74, 6) is 0.563. The van der Waals surface area contributed by atoms with Gasteiger partial charge in [0, 0.05) is 17.0 Å². The molecule has 0 bridgehead atoms. The third kappa shape index (κ3) is 3.63. The summed E-state index contributed by atoms with van der Waals surface area (Å²) in [7, 11) is 0. The first kappa shape index (κ1) is 12.2. The summed E-state index contributed by atoms with van der Waals surface area (Å²) in [6.07, 6.45) is 2.57. The number of nitrogens with zero attached hydrogens (tertiary/aromatic N) is 1. The van der Waals surface area contributed by atoms with Crippen molar-refractivity contribution in [1.82, 2.24) is 4.98 Å². The lowest BCUT2D eigenvalue weighted by molar-refractivity contribution is -0.124. The predicted molar refractivity (Wildman–Crippen MR) is 64.0 cm³/mol. The molecule has 4 heteroatoms. The number of hydrogen-bond acceptors (Lipinski definition) is 3. The van der Waals surface area contributed by atoms with Crippen LogP contribution in [0.5, 0.6) is 0 Å². The number of hydrogen-bond donors (Lipinski definition) is 1. The van der Waals surface area contributed by atoms with Gasteiger partial charge in [0.25, 0.3) is 0 Å². The number of anilines is 1. The Labute approximate surface area is 94.9 Å². The lowest BCUT2D eigenvalue weighted by atomic mass is 9.83. The molecule has 84 valence electrons. The van der Waals surface area contributed by atoms with E-state index in [1.165, 1.54) is 11.3 Å². The molecule has 1 aromatic heterocycles. The largest absolute Gasteiger partial charge is 0.302 e. The van der Waals surface area contributed by atoms with Gasteiger partial charge in [-0.05, 0) is 12.3 Å². The molecular weight excluding hydrogens is 208 g/mol. The SMILES string of the molecule is CC(C)CC(C)(C)C(=O)Nc1nccs1. The molecule has 0 aliphatic heterocycles. The zero-order valence-electron chi connectivity index (χ0n) is 9.70. The van der Waals surface area contributed by atoms with Crippen LogP contribution in [0.3, 0.4) is 0 Å². The highest BCUT2D eigenvalue weighted by Gasteiger charge is 2.28. The van der Waals surface area contributed by atoms with E-state index in [1.54, 1.807) is 6.20 Å². The Morgan fingerprint density at radius 3 is 2.73 bits per heavy atom. The fraction of sp³-hybridized carbons (Fsp3) is 0.636. The van der Waals surface area contributed by atoms with E-state index in [0.717, 1.165) is 6.42 Å². The number of carbonyl (C=O) groups is 1. The highest BCUT2D eigenvalue weighted by molar-refractivity contribution is 7.13. The van der Waals surface area contributed by atoms with Crippen molar-refractivity contribution in [2.24, 2.45) is 11.3 Å². The van der Waals surface area contributed by atoms with Crippen LogP contribution in [0.4, 0.5) is 5.13 Å². The number of nitrogens with one attached hydrogen (secondary N) is 1. The molecule has 1 aromatic rings. The second-order valence-electron chi connectivity index (χ2n) is 4.77.